The van der Waals surface area contributed by atoms with Gasteiger partial charge in [0.15, 0.2) is 0 Å². The van der Waals surface area contributed by atoms with Crippen molar-refractivity contribution < 1.29 is 9.66 Å². The standard InChI is InChI=1S/C18H17Cl2NO3/c19-13-4-9-16(17(20)12-13)18(10-2-1-3-11-18)24-15-7-5-14(6-8-15)21(22)23/h4-9,12H,1-3,10-11H2. The van der Waals surface area contributed by atoms with Crippen LogP contribution in [-0.4, -0.2) is 4.92 Å². The molecule has 0 atom stereocenters. The fourth-order valence-electron chi connectivity index (χ4n) is 3.27. The molecule has 0 radical (unpaired) electrons. The minimum Gasteiger partial charge on any atom is -0.483 e. The Labute approximate surface area is 150 Å². The first kappa shape index (κ1) is 17.1. The molecule has 1 aliphatic carbocycles. The Morgan fingerprint density at radius 3 is 2.25 bits per heavy atom. The van der Waals surface area contributed by atoms with Crippen LogP contribution < -0.4 is 4.74 Å². The lowest BCUT2D eigenvalue weighted by Gasteiger charge is -2.38. The van der Waals surface area contributed by atoms with Gasteiger partial charge in [-0.25, -0.2) is 0 Å². The molecule has 4 nitrogen and oxygen atoms in total. The van der Waals surface area contributed by atoms with Gasteiger partial charge in [0.2, 0.25) is 0 Å². The number of ether oxygens (including phenoxy) is 1. The quantitative estimate of drug-likeness (QED) is 0.482. The molecular weight excluding hydrogens is 349 g/mol. The monoisotopic (exact) mass is 365 g/mol. The van der Waals surface area contributed by atoms with E-state index in [4.69, 9.17) is 27.9 Å². The summed E-state index contributed by atoms with van der Waals surface area (Å²) in [5, 5.41) is 12.0. The van der Waals surface area contributed by atoms with Crippen LogP contribution in [0.3, 0.4) is 0 Å². The lowest BCUT2D eigenvalue weighted by Crippen LogP contribution is -2.35. The zero-order valence-corrected chi connectivity index (χ0v) is 14.5. The van der Waals surface area contributed by atoms with Crippen LogP contribution in [-0.2, 0) is 5.60 Å². The smallest absolute Gasteiger partial charge is 0.269 e. The van der Waals surface area contributed by atoms with E-state index in [9.17, 15) is 10.1 Å². The van der Waals surface area contributed by atoms with Crippen molar-refractivity contribution in [1.29, 1.82) is 0 Å². The zero-order chi connectivity index (χ0) is 17.2. The predicted octanol–water partition coefficient (Wildman–Crippen LogP) is 6.14. The number of hydrogen-bond acceptors (Lipinski definition) is 3. The van der Waals surface area contributed by atoms with Crippen molar-refractivity contribution in [2.24, 2.45) is 0 Å². The van der Waals surface area contributed by atoms with Gasteiger partial charge in [-0.1, -0.05) is 35.7 Å². The molecule has 1 fully saturated rings. The molecular formula is C18H17Cl2NO3. The first-order valence-electron chi connectivity index (χ1n) is 7.89. The van der Waals surface area contributed by atoms with Gasteiger partial charge in [0.05, 0.1) is 4.92 Å². The average Bonchev–Trinajstić information content (AvgIpc) is 2.56. The molecule has 0 saturated heterocycles. The second-order valence-electron chi connectivity index (χ2n) is 6.03. The van der Waals surface area contributed by atoms with Gasteiger partial charge in [-0.05, 0) is 49.9 Å². The molecule has 0 aromatic heterocycles. The molecule has 0 unspecified atom stereocenters. The number of nitro groups is 1. The van der Waals surface area contributed by atoms with E-state index in [1.807, 2.05) is 12.1 Å². The van der Waals surface area contributed by atoms with Gasteiger partial charge < -0.3 is 4.74 Å². The minimum atomic E-state index is -0.518. The molecule has 0 spiro atoms. The highest BCUT2D eigenvalue weighted by atomic mass is 35.5. The maximum absolute atomic E-state index is 10.8. The fourth-order valence-corrected chi connectivity index (χ4v) is 3.85. The Balaban J connectivity index is 1.95. The number of non-ortho nitro benzene ring substituents is 1. The minimum absolute atomic E-state index is 0.0459. The van der Waals surface area contributed by atoms with E-state index in [1.165, 1.54) is 12.1 Å². The lowest BCUT2D eigenvalue weighted by atomic mass is 9.79. The summed E-state index contributed by atoms with van der Waals surface area (Å²) >= 11 is 12.5. The van der Waals surface area contributed by atoms with Gasteiger partial charge in [-0.3, -0.25) is 10.1 Å². The third-order valence-electron chi connectivity index (χ3n) is 4.44. The van der Waals surface area contributed by atoms with Crippen molar-refractivity contribution in [2.75, 3.05) is 0 Å². The first-order valence-corrected chi connectivity index (χ1v) is 8.65. The lowest BCUT2D eigenvalue weighted by molar-refractivity contribution is -0.384. The van der Waals surface area contributed by atoms with Crippen LogP contribution >= 0.6 is 23.2 Å². The van der Waals surface area contributed by atoms with Crippen LogP contribution in [0.5, 0.6) is 5.75 Å². The maximum atomic E-state index is 10.8. The molecule has 126 valence electrons. The number of benzene rings is 2. The molecule has 24 heavy (non-hydrogen) atoms. The Hall–Kier alpha value is -1.78. The van der Waals surface area contributed by atoms with E-state index in [1.54, 1.807) is 18.2 Å². The van der Waals surface area contributed by atoms with Gasteiger partial charge in [0.25, 0.3) is 5.69 Å². The van der Waals surface area contributed by atoms with Crippen LogP contribution in [0.4, 0.5) is 5.69 Å². The van der Waals surface area contributed by atoms with Crippen LogP contribution in [0.25, 0.3) is 0 Å². The molecule has 1 aliphatic rings. The number of nitro benzene ring substituents is 1. The topological polar surface area (TPSA) is 52.4 Å². The van der Waals surface area contributed by atoms with Crippen molar-refractivity contribution in [1.82, 2.24) is 0 Å². The molecule has 0 heterocycles. The van der Waals surface area contributed by atoms with Gasteiger partial charge in [0, 0.05) is 27.7 Å². The average molecular weight is 366 g/mol. The van der Waals surface area contributed by atoms with E-state index in [0.29, 0.717) is 15.8 Å². The Kier molecular flexibility index (Phi) is 4.97. The third-order valence-corrected chi connectivity index (χ3v) is 4.99. The third kappa shape index (κ3) is 3.50. The summed E-state index contributed by atoms with van der Waals surface area (Å²) in [6.45, 7) is 0. The van der Waals surface area contributed by atoms with Crippen LogP contribution in [0, 0.1) is 10.1 Å². The largest absolute Gasteiger partial charge is 0.483 e. The maximum Gasteiger partial charge on any atom is 0.269 e. The molecule has 0 bridgehead atoms. The number of hydrogen-bond donors (Lipinski definition) is 0. The van der Waals surface area contributed by atoms with Crippen LogP contribution in [0.15, 0.2) is 42.5 Å². The Morgan fingerprint density at radius 1 is 1.00 bits per heavy atom. The SMILES string of the molecule is O=[N+]([O-])c1ccc(OC2(c3ccc(Cl)cc3Cl)CCCCC2)cc1. The van der Waals surface area contributed by atoms with E-state index in [2.05, 4.69) is 0 Å². The summed E-state index contributed by atoms with van der Waals surface area (Å²) in [4.78, 5) is 10.4. The zero-order valence-electron chi connectivity index (χ0n) is 13.0. The molecule has 2 aromatic rings. The normalized spacial score (nSPS) is 16.6. The van der Waals surface area contributed by atoms with Gasteiger partial charge in [-0.2, -0.15) is 0 Å². The fraction of sp³-hybridized carbons (Fsp3) is 0.333. The van der Waals surface area contributed by atoms with Crippen molar-refractivity contribution in [2.45, 2.75) is 37.7 Å². The van der Waals surface area contributed by atoms with Gasteiger partial charge in [0.1, 0.15) is 11.4 Å². The molecule has 0 amide bonds. The first-order chi connectivity index (χ1) is 11.5. The number of nitrogens with zero attached hydrogens (tertiary/aromatic N) is 1. The van der Waals surface area contributed by atoms with Crippen LogP contribution in [0.1, 0.15) is 37.7 Å². The molecule has 0 aliphatic heterocycles. The number of halogens is 2. The molecule has 0 N–H and O–H groups in total. The van der Waals surface area contributed by atoms with E-state index in [0.717, 1.165) is 37.7 Å². The van der Waals surface area contributed by atoms with Crippen molar-refractivity contribution in [3.05, 3.63) is 68.2 Å². The Bertz CT molecular complexity index is 740. The molecule has 1 saturated carbocycles. The summed E-state index contributed by atoms with van der Waals surface area (Å²) in [6.07, 6.45) is 4.96. The summed E-state index contributed by atoms with van der Waals surface area (Å²) in [5.74, 6) is 0.605. The summed E-state index contributed by atoms with van der Waals surface area (Å²) in [7, 11) is 0. The van der Waals surface area contributed by atoms with E-state index >= 15 is 0 Å². The highest BCUT2D eigenvalue weighted by Crippen LogP contribution is 2.44. The predicted molar refractivity (Wildman–Crippen MR) is 94.9 cm³/mol. The second kappa shape index (κ2) is 6.99. The Morgan fingerprint density at radius 2 is 1.67 bits per heavy atom. The highest BCUT2D eigenvalue weighted by molar-refractivity contribution is 6.35. The highest BCUT2D eigenvalue weighted by Gasteiger charge is 2.38. The summed E-state index contributed by atoms with van der Waals surface area (Å²) < 4.78 is 6.33. The molecule has 3 rings (SSSR count). The summed E-state index contributed by atoms with van der Waals surface area (Å²) in [5.41, 5.74) is 0.451. The van der Waals surface area contributed by atoms with Crippen molar-refractivity contribution >= 4 is 28.9 Å². The van der Waals surface area contributed by atoms with E-state index < -0.39 is 10.5 Å². The van der Waals surface area contributed by atoms with Crippen LogP contribution in [0.2, 0.25) is 10.0 Å². The summed E-state index contributed by atoms with van der Waals surface area (Å²) in [6, 6.07) is 11.6. The molecule has 6 heteroatoms. The van der Waals surface area contributed by atoms with Crippen molar-refractivity contribution in [3.8, 4) is 5.75 Å². The van der Waals surface area contributed by atoms with Gasteiger partial charge >= 0.3 is 0 Å². The second-order valence-corrected chi connectivity index (χ2v) is 6.88. The van der Waals surface area contributed by atoms with Gasteiger partial charge in [-0.15, -0.1) is 0 Å². The van der Waals surface area contributed by atoms with Crippen molar-refractivity contribution in [3.63, 3.8) is 0 Å². The molecule has 2 aromatic carbocycles. The number of rotatable bonds is 4. The van der Waals surface area contributed by atoms with E-state index in [-0.39, 0.29) is 5.69 Å².